The van der Waals surface area contributed by atoms with Crippen LogP contribution in [0, 0.1) is 0 Å². The third-order valence-electron chi connectivity index (χ3n) is 5.01. The van der Waals surface area contributed by atoms with Crippen LogP contribution < -0.4 is 10.1 Å². The number of nitrogens with zero attached hydrogens (tertiary/aromatic N) is 1. The van der Waals surface area contributed by atoms with Gasteiger partial charge in [-0.1, -0.05) is 19.1 Å². The van der Waals surface area contributed by atoms with Crippen molar-refractivity contribution in [3.8, 4) is 5.75 Å². The van der Waals surface area contributed by atoms with Gasteiger partial charge in [-0.05, 0) is 56.4 Å². The highest BCUT2D eigenvalue weighted by Crippen LogP contribution is 2.19. The van der Waals surface area contributed by atoms with Crippen LogP contribution in [0.15, 0.2) is 30.3 Å². The second-order valence-corrected chi connectivity index (χ2v) is 7.09. The number of likely N-dealkylation sites (tertiary alicyclic amines) is 1. The number of esters is 1. The molecule has 1 saturated heterocycles. The van der Waals surface area contributed by atoms with Crippen molar-refractivity contribution < 1.29 is 23.9 Å². The molecule has 7 heteroatoms. The molecule has 1 aliphatic heterocycles. The number of piperidine rings is 1. The lowest BCUT2D eigenvalue weighted by Crippen LogP contribution is -2.46. The predicted octanol–water partition coefficient (Wildman–Crippen LogP) is 2.55. The topological polar surface area (TPSA) is 84.9 Å². The van der Waals surface area contributed by atoms with Gasteiger partial charge in [0.15, 0.2) is 6.61 Å². The Bertz CT molecular complexity index is 729. The quantitative estimate of drug-likeness (QED) is 0.534. The van der Waals surface area contributed by atoms with Crippen molar-refractivity contribution in [3.63, 3.8) is 0 Å². The fraction of sp³-hybridized carbons (Fsp3) is 0.500. The fourth-order valence-electron chi connectivity index (χ4n) is 3.30. The molecule has 2 rings (SSSR count). The van der Waals surface area contributed by atoms with Gasteiger partial charge < -0.3 is 19.7 Å². The van der Waals surface area contributed by atoms with E-state index in [9.17, 15) is 14.4 Å². The first-order chi connectivity index (χ1) is 13.9. The minimum absolute atomic E-state index is 0.178. The molecule has 0 saturated carbocycles. The molecule has 1 aromatic rings. The Morgan fingerprint density at radius 3 is 2.62 bits per heavy atom. The highest BCUT2D eigenvalue weighted by atomic mass is 16.5. The number of carbonyl (C=O) groups is 3. The molecule has 0 aliphatic carbocycles. The smallest absolute Gasteiger partial charge is 0.328 e. The minimum Gasteiger partial charge on any atom is -0.497 e. The van der Waals surface area contributed by atoms with Crippen LogP contribution in [0.5, 0.6) is 5.75 Å². The maximum Gasteiger partial charge on any atom is 0.328 e. The summed E-state index contributed by atoms with van der Waals surface area (Å²) >= 11 is 0. The van der Waals surface area contributed by atoms with Crippen molar-refractivity contribution >= 4 is 23.9 Å². The third kappa shape index (κ3) is 6.93. The molecule has 2 atom stereocenters. The molecular weight excluding hydrogens is 372 g/mol. The highest BCUT2D eigenvalue weighted by molar-refractivity contribution is 5.94. The first-order valence-electron chi connectivity index (χ1n) is 10.0. The fourth-order valence-corrected chi connectivity index (χ4v) is 3.30. The molecule has 0 radical (unpaired) electrons. The lowest BCUT2D eigenvalue weighted by Gasteiger charge is -2.35. The predicted molar refractivity (Wildman–Crippen MR) is 110 cm³/mol. The van der Waals surface area contributed by atoms with Crippen LogP contribution in [0.25, 0.3) is 6.08 Å². The van der Waals surface area contributed by atoms with Crippen LogP contribution in [0.1, 0.15) is 45.1 Å². The van der Waals surface area contributed by atoms with Crippen molar-refractivity contribution in [1.82, 2.24) is 10.2 Å². The summed E-state index contributed by atoms with van der Waals surface area (Å²) in [6, 6.07) is 6.58. The SMILES string of the molecule is CC[C@@H]1CCCCN1C(=O)COC(=O)[C@H](C)NC(=O)/C=C/c1ccc(OC)cc1. The van der Waals surface area contributed by atoms with E-state index in [0.29, 0.717) is 6.54 Å². The van der Waals surface area contributed by atoms with Crippen molar-refractivity contribution in [2.45, 2.75) is 51.6 Å². The molecule has 7 nitrogen and oxygen atoms in total. The molecule has 158 valence electrons. The highest BCUT2D eigenvalue weighted by Gasteiger charge is 2.26. The zero-order valence-electron chi connectivity index (χ0n) is 17.3. The molecule has 1 N–H and O–H groups in total. The van der Waals surface area contributed by atoms with E-state index in [1.54, 1.807) is 30.2 Å². The van der Waals surface area contributed by atoms with Crippen molar-refractivity contribution in [3.05, 3.63) is 35.9 Å². The zero-order valence-corrected chi connectivity index (χ0v) is 17.3. The summed E-state index contributed by atoms with van der Waals surface area (Å²) in [5, 5.41) is 2.55. The normalized spacial score (nSPS) is 17.6. The van der Waals surface area contributed by atoms with Gasteiger partial charge in [0.1, 0.15) is 11.8 Å². The van der Waals surface area contributed by atoms with Crippen molar-refractivity contribution in [2.75, 3.05) is 20.3 Å². The number of hydrogen-bond donors (Lipinski definition) is 1. The Hall–Kier alpha value is -2.83. The first kappa shape index (κ1) is 22.5. The molecular formula is C22H30N2O5. The summed E-state index contributed by atoms with van der Waals surface area (Å²) in [5.41, 5.74) is 0.828. The monoisotopic (exact) mass is 402 g/mol. The average Bonchev–Trinajstić information content (AvgIpc) is 2.75. The molecule has 0 unspecified atom stereocenters. The molecule has 1 fully saturated rings. The van der Waals surface area contributed by atoms with Gasteiger partial charge in [-0.25, -0.2) is 4.79 Å². The Morgan fingerprint density at radius 2 is 1.97 bits per heavy atom. The van der Waals surface area contributed by atoms with Gasteiger partial charge in [0, 0.05) is 18.7 Å². The van der Waals surface area contributed by atoms with E-state index in [2.05, 4.69) is 12.2 Å². The van der Waals surface area contributed by atoms with Crippen LogP contribution in [0.2, 0.25) is 0 Å². The van der Waals surface area contributed by atoms with Gasteiger partial charge in [0.05, 0.1) is 7.11 Å². The van der Waals surface area contributed by atoms with Gasteiger partial charge in [-0.15, -0.1) is 0 Å². The number of methoxy groups -OCH3 is 1. The number of carbonyl (C=O) groups excluding carboxylic acids is 3. The number of hydrogen-bond acceptors (Lipinski definition) is 5. The molecule has 1 aromatic carbocycles. The Labute approximate surface area is 172 Å². The number of rotatable bonds is 8. The van der Waals surface area contributed by atoms with E-state index < -0.39 is 17.9 Å². The maximum atomic E-state index is 12.4. The van der Waals surface area contributed by atoms with Gasteiger partial charge in [0.25, 0.3) is 5.91 Å². The van der Waals surface area contributed by atoms with Crippen LogP contribution in [0.3, 0.4) is 0 Å². The van der Waals surface area contributed by atoms with Crippen molar-refractivity contribution in [2.24, 2.45) is 0 Å². The molecule has 2 amide bonds. The van der Waals surface area contributed by atoms with Gasteiger partial charge in [0.2, 0.25) is 5.91 Å². The second kappa shape index (κ2) is 11.2. The van der Waals surface area contributed by atoms with Crippen molar-refractivity contribution in [1.29, 1.82) is 0 Å². The molecule has 0 aromatic heterocycles. The molecule has 1 heterocycles. The number of amides is 2. The summed E-state index contributed by atoms with van der Waals surface area (Å²) in [6.07, 6.45) is 6.96. The first-order valence-corrected chi connectivity index (χ1v) is 10.0. The minimum atomic E-state index is -0.848. The van der Waals surface area contributed by atoms with E-state index >= 15 is 0 Å². The molecule has 29 heavy (non-hydrogen) atoms. The third-order valence-corrected chi connectivity index (χ3v) is 5.01. The van der Waals surface area contributed by atoms with E-state index in [-0.39, 0.29) is 18.6 Å². The summed E-state index contributed by atoms with van der Waals surface area (Å²) in [5.74, 6) is -0.497. The van der Waals surface area contributed by atoms with E-state index in [0.717, 1.165) is 37.0 Å². The summed E-state index contributed by atoms with van der Waals surface area (Å²) in [7, 11) is 1.58. The van der Waals surface area contributed by atoms with Gasteiger partial charge in [-0.3, -0.25) is 9.59 Å². The molecule has 0 bridgehead atoms. The summed E-state index contributed by atoms with van der Waals surface area (Å²) in [6.45, 7) is 4.00. The van der Waals surface area contributed by atoms with Crippen LogP contribution >= 0.6 is 0 Å². The zero-order chi connectivity index (χ0) is 21.2. The number of nitrogens with one attached hydrogen (secondary N) is 1. The standard InChI is InChI=1S/C22H30N2O5/c1-4-18-7-5-6-14-24(18)21(26)15-29-22(27)16(2)23-20(25)13-10-17-8-11-19(28-3)12-9-17/h8-13,16,18H,4-7,14-15H2,1-3H3,(H,23,25)/b13-10+/t16-,18+/m0/s1. The van der Waals surface area contributed by atoms with Crippen LogP contribution in [-0.4, -0.2) is 55.0 Å². The summed E-state index contributed by atoms with van der Waals surface area (Å²) in [4.78, 5) is 38.3. The second-order valence-electron chi connectivity index (χ2n) is 7.09. The van der Waals surface area contributed by atoms with E-state index in [1.807, 2.05) is 12.1 Å². The Morgan fingerprint density at radius 1 is 1.24 bits per heavy atom. The largest absolute Gasteiger partial charge is 0.497 e. The molecule has 1 aliphatic rings. The van der Waals surface area contributed by atoms with Gasteiger partial charge >= 0.3 is 5.97 Å². The Balaban J connectivity index is 1.77. The van der Waals surface area contributed by atoms with Gasteiger partial charge in [-0.2, -0.15) is 0 Å². The Kier molecular flexibility index (Phi) is 8.70. The number of ether oxygens (including phenoxy) is 2. The lowest BCUT2D eigenvalue weighted by molar-refractivity contribution is -0.155. The van der Waals surface area contributed by atoms with Crippen LogP contribution in [0.4, 0.5) is 0 Å². The van der Waals surface area contributed by atoms with Crippen LogP contribution in [-0.2, 0) is 19.1 Å². The van der Waals surface area contributed by atoms with E-state index in [4.69, 9.17) is 9.47 Å². The summed E-state index contributed by atoms with van der Waals surface area (Å²) < 4.78 is 10.2. The maximum absolute atomic E-state index is 12.4. The average molecular weight is 402 g/mol. The molecule has 0 spiro atoms. The van der Waals surface area contributed by atoms with E-state index in [1.165, 1.54) is 13.0 Å². The number of benzene rings is 1. The lowest BCUT2D eigenvalue weighted by atomic mass is 10.00.